The number of amides is 2. The van der Waals surface area contributed by atoms with E-state index < -0.39 is 17.9 Å². The third-order valence-corrected chi connectivity index (χ3v) is 5.68. The molecule has 0 bridgehead atoms. The first kappa shape index (κ1) is 19.1. The van der Waals surface area contributed by atoms with Crippen molar-refractivity contribution in [3.63, 3.8) is 0 Å². The SMILES string of the molecule is NCC(NC(=O)C(=O)N1CCC(c2cn[nH]c2)CC1)c1ccc2ccccc2c1. The van der Waals surface area contributed by atoms with Crippen LogP contribution in [0.5, 0.6) is 0 Å². The lowest BCUT2D eigenvalue weighted by Gasteiger charge is -2.31. The highest BCUT2D eigenvalue weighted by molar-refractivity contribution is 6.35. The molecule has 0 radical (unpaired) electrons. The number of H-pyrrole nitrogens is 1. The Kier molecular flexibility index (Phi) is 5.57. The molecular weight excluding hydrogens is 366 g/mol. The summed E-state index contributed by atoms with van der Waals surface area (Å²) in [4.78, 5) is 26.9. The average molecular weight is 391 g/mol. The van der Waals surface area contributed by atoms with Crippen molar-refractivity contribution in [3.8, 4) is 0 Å². The number of aromatic amines is 1. The first-order valence-electron chi connectivity index (χ1n) is 9.93. The Labute approximate surface area is 169 Å². The Bertz CT molecular complexity index is 993. The molecule has 0 spiro atoms. The Morgan fingerprint density at radius 1 is 1.17 bits per heavy atom. The lowest BCUT2D eigenvalue weighted by Crippen LogP contribution is -2.47. The molecule has 1 atom stereocenters. The van der Waals surface area contributed by atoms with Crippen LogP contribution >= 0.6 is 0 Å². The maximum absolute atomic E-state index is 12.6. The van der Waals surface area contributed by atoms with Crippen molar-refractivity contribution in [3.05, 3.63) is 66.0 Å². The summed E-state index contributed by atoms with van der Waals surface area (Å²) in [5.74, 6) is -0.722. The van der Waals surface area contributed by atoms with Crippen LogP contribution < -0.4 is 11.1 Å². The van der Waals surface area contributed by atoms with Gasteiger partial charge >= 0.3 is 11.8 Å². The number of carbonyl (C=O) groups is 2. The van der Waals surface area contributed by atoms with E-state index in [0.29, 0.717) is 19.0 Å². The number of fused-ring (bicyclic) bond motifs is 1. The molecule has 150 valence electrons. The number of rotatable bonds is 4. The van der Waals surface area contributed by atoms with E-state index in [4.69, 9.17) is 5.73 Å². The van der Waals surface area contributed by atoms with E-state index in [1.165, 1.54) is 0 Å². The summed E-state index contributed by atoms with van der Waals surface area (Å²) >= 11 is 0. The van der Waals surface area contributed by atoms with Crippen LogP contribution in [0.25, 0.3) is 10.8 Å². The number of benzene rings is 2. The summed E-state index contributed by atoms with van der Waals surface area (Å²) in [7, 11) is 0. The Hall–Kier alpha value is -3.19. The monoisotopic (exact) mass is 391 g/mol. The number of hydrogen-bond donors (Lipinski definition) is 3. The normalized spacial score (nSPS) is 16.0. The van der Waals surface area contributed by atoms with Gasteiger partial charge in [-0.25, -0.2) is 0 Å². The lowest BCUT2D eigenvalue weighted by atomic mass is 9.91. The van der Waals surface area contributed by atoms with Gasteiger partial charge in [0.25, 0.3) is 0 Å². The Morgan fingerprint density at radius 2 is 1.93 bits per heavy atom. The lowest BCUT2D eigenvalue weighted by molar-refractivity contribution is -0.146. The van der Waals surface area contributed by atoms with Gasteiger partial charge in [-0.05, 0) is 46.7 Å². The van der Waals surface area contributed by atoms with Gasteiger partial charge in [-0.2, -0.15) is 5.10 Å². The Balaban J connectivity index is 1.38. The van der Waals surface area contributed by atoms with Crippen LogP contribution in [0.3, 0.4) is 0 Å². The zero-order chi connectivity index (χ0) is 20.2. The van der Waals surface area contributed by atoms with Gasteiger partial charge in [0, 0.05) is 25.8 Å². The molecule has 7 heteroatoms. The molecule has 1 aliphatic rings. The first-order valence-corrected chi connectivity index (χ1v) is 9.93. The first-order chi connectivity index (χ1) is 14.2. The van der Waals surface area contributed by atoms with Crippen molar-refractivity contribution in [1.29, 1.82) is 0 Å². The second kappa shape index (κ2) is 8.45. The second-order valence-corrected chi connectivity index (χ2v) is 7.47. The fraction of sp³-hybridized carbons (Fsp3) is 0.318. The molecule has 1 fully saturated rings. The minimum atomic E-state index is -0.602. The molecule has 1 unspecified atom stereocenters. The molecule has 2 aromatic carbocycles. The molecule has 4 N–H and O–H groups in total. The highest BCUT2D eigenvalue weighted by Crippen LogP contribution is 2.27. The second-order valence-electron chi connectivity index (χ2n) is 7.47. The van der Waals surface area contributed by atoms with Crippen LogP contribution in [0.15, 0.2) is 54.9 Å². The number of aromatic nitrogens is 2. The third-order valence-electron chi connectivity index (χ3n) is 5.68. The van der Waals surface area contributed by atoms with Gasteiger partial charge in [0.1, 0.15) is 0 Å². The zero-order valence-corrected chi connectivity index (χ0v) is 16.2. The summed E-state index contributed by atoms with van der Waals surface area (Å²) < 4.78 is 0. The molecule has 0 saturated carbocycles. The van der Waals surface area contributed by atoms with Crippen LogP contribution in [-0.2, 0) is 9.59 Å². The van der Waals surface area contributed by atoms with E-state index in [1.807, 2.05) is 54.9 Å². The highest BCUT2D eigenvalue weighted by atomic mass is 16.2. The van der Waals surface area contributed by atoms with Gasteiger partial charge in [0.05, 0.1) is 12.2 Å². The van der Waals surface area contributed by atoms with Crippen molar-refractivity contribution < 1.29 is 9.59 Å². The number of nitrogens with one attached hydrogen (secondary N) is 2. The summed E-state index contributed by atoms with van der Waals surface area (Å²) in [5, 5.41) is 11.8. The molecular formula is C22H25N5O2. The molecule has 4 rings (SSSR count). The van der Waals surface area contributed by atoms with Crippen molar-refractivity contribution in [1.82, 2.24) is 20.4 Å². The molecule has 2 heterocycles. The van der Waals surface area contributed by atoms with E-state index in [2.05, 4.69) is 15.5 Å². The molecule has 1 aromatic heterocycles. The van der Waals surface area contributed by atoms with E-state index >= 15 is 0 Å². The maximum atomic E-state index is 12.6. The van der Waals surface area contributed by atoms with Crippen LogP contribution in [0.1, 0.15) is 35.9 Å². The largest absolute Gasteiger partial charge is 0.340 e. The van der Waals surface area contributed by atoms with E-state index in [1.54, 1.807) is 4.90 Å². The molecule has 1 aliphatic heterocycles. The number of likely N-dealkylation sites (tertiary alicyclic amines) is 1. The van der Waals surface area contributed by atoms with Crippen molar-refractivity contribution >= 4 is 22.6 Å². The van der Waals surface area contributed by atoms with E-state index in [-0.39, 0.29) is 6.54 Å². The van der Waals surface area contributed by atoms with Crippen LogP contribution in [0.4, 0.5) is 0 Å². The number of carbonyl (C=O) groups excluding carboxylic acids is 2. The molecule has 1 saturated heterocycles. The Morgan fingerprint density at radius 3 is 2.62 bits per heavy atom. The van der Waals surface area contributed by atoms with Gasteiger partial charge in [0.15, 0.2) is 0 Å². The van der Waals surface area contributed by atoms with Crippen molar-refractivity contribution in [2.45, 2.75) is 24.8 Å². The van der Waals surface area contributed by atoms with E-state index in [9.17, 15) is 9.59 Å². The van der Waals surface area contributed by atoms with Gasteiger partial charge in [-0.15, -0.1) is 0 Å². The summed E-state index contributed by atoms with van der Waals surface area (Å²) in [6.07, 6.45) is 5.36. The highest BCUT2D eigenvalue weighted by Gasteiger charge is 2.29. The number of nitrogens with zero attached hydrogens (tertiary/aromatic N) is 2. The predicted octanol–water partition coefficient (Wildman–Crippen LogP) is 2.09. The van der Waals surface area contributed by atoms with E-state index in [0.717, 1.165) is 34.7 Å². The van der Waals surface area contributed by atoms with Crippen molar-refractivity contribution in [2.75, 3.05) is 19.6 Å². The molecule has 3 aromatic rings. The molecule has 0 aliphatic carbocycles. The zero-order valence-electron chi connectivity index (χ0n) is 16.2. The molecule has 29 heavy (non-hydrogen) atoms. The summed E-state index contributed by atoms with van der Waals surface area (Å²) in [6.45, 7) is 1.34. The minimum absolute atomic E-state index is 0.222. The average Bonchev–Trinajstić information content (AvgIpc) is 3.31. The third kappa shape index (κ3) is 4.14. The fourth-order valence-electron chi connectivity index (χ4n) is 3.97. The quantitative estimate of drug-likeness (QED) is 0.592. The maximum Gasteiger partial charge on any atom is 0.311 e. The van der Waals surface area contributed by atoms with Gasteiger partial charge in [-0.1, -0.05) is 36.4 Å². The number of nitrogens with two attached hydrogens (primary N) is 1. The van der Waals surface area contributed by atoms with Crippen molar-refractivity contribution in [2.24, 2.45) is 5.73 Å². The summed E-state index contributed by atoms with van der Waals surface area (Å²) in [5.41, 5.74) is 7.95. The fourth-order valence-corrected chi connectivity index (χ4v) is 3.97. The number of hydrogen-bond acceptors (Lipinski definition) is 4. The predicted molar refractivity (Wildman–Crippen MR) is 111 cm³/mol. The molecule has 7 nitrogen and oxygen atoms in total. The van der Waals surface area contributed by atoms with Crippen LogP contribution in [0.2, 0.25) is 0 Å². The van der Waals surface area contributed by atoms with Gasteiger partial charge < -0.3 is 16.0 Å². The minimum Gasteiger partial charge on any atom is -0.340 e. The van der Waals surface area contributed by atoms with Crippen LogP contribution in [-0.4, -0.2) is 46.5 Å². The van der Waals surface area contributed by atoms with Crippen LogP contribution in [0, 0.1) is 0 Å². The summed E-state index contributed by atoms with van der Waals surface area (Å²) in [6, 6.07) is 13.6. The van der Waals surface area contributed by atoms with Gasteiger partial charge in [0.2, 0.25) is 0 Å². The number of piperidine rings is 1. The molecule has 2 amide bonds. The standard InChI is InChI=1S/C22H25N5O2/c23-12-20(18-6-5-15-3-1-2-4-17(15)11-18)26-21(28)22(29)27-9-7-16(8-10-27)19-13-24-25-14-19/h1-6,11,13-14,16,20H,7-10,12,23H2,(H,24,25)(H,26,28). The van der Waals surface area contributed by atoms with Gasteiger partial charge in [-0.3, -0.25) is 14.7 Å². The topological polar surface area (TPSA) is 104 Å². The smallest absolute Gasteiger partial charge is 0.311 e.